The van der Waals surface area contributed by atoms with Crippen LogP contribution in [0.1, 0.15) is 6.92 Å². The zero-order valence-corrected chi connectivity index (χ0v) is 11.3. The van der Waals surface area contributed by atoms with Gasteiger partial charge in [0.25, 0.3) is 10.1 Å². The molecule has 3 aliphatic heterocycles. The molecule has 112 valence electrons. The Morgan fingerprint density at radius 1 is 1.10 bits per heavy atom. The monoisotopic (exact) mass is 308 g/mol. The summed E-state index contributed by atoms with van der Waals surface area (Å²) < 4.78 is 48.1. The second-order valence-electron chi connectivity index (χ2n) is 5.17. The first-order valence-electron chi connectivity index (χ1n) is 5.83. The zero-order chi connectivity index (χ0) is 14.6. The van der Waals surface area contributed by atoms with Gasteiger partial charge in [0.15, 0.2) is 6.10 Å². The number of rotatable bonds is 1. The van der Waals surface area contributed by atoms with E-state index in [0.717, 1.165) is 0 Å². The molecular formula is C10H12O9S. The smallest absolute Gasteiger partial charge is 0.433 e. The summed E-state index contributed by atoms with van der Waals surface area (Å²) in [6.07, 6.45) is -2.69. The minimum absolute atomic E-state index is 0.138. The molecule has 10 heteroatoms. The quantitative estimate of drug-likeness (QED) is 0.479. The van der Waals surface area contributed by atoms with Crippen molar-refractivity contribution in [3.8, 4) is 0 Å². The molecule has 0 bridgehead atoms. The molecule has 3 saturated heterocycles. The summed E-state index contributed by atoms with van der Waals surface area (Å²) in [4.78, 5) is 22.1. The molecule has 0 aromatic rings. The fourth-order valence-corrected chi connectivity index (χ4v) is 4.71. The molecule has 0 aliphatic carbocycles. The van der Waals surface area contributed by atoms with Crippen LogP contribution in [0.2, 0.25) is 0 Å². The molecule has 3 aliphatic rings. The number of hydrogen-bond donors (Lipinski definition) is 0. The molecule has 9 nitrogen and oxygen atoms in total. The Morgan fingerprint density at radius 2 is 1.75 bits per heavy atom. The zero-order valence-electron chi connectivity index (χ0n) is 10.5. The van der Waals surface area contributed by atoms with Gasteiger partial charge in [-0.3, -0.25) is 4.18 Å². The highest BCUT2D eigenvalue weighted by Crippen LogP contribution is 2.49. The van der Waals surface area contributed by atoms with Gasteiger partial charge in [0.05, 0.1) is 11.2 Å². The maximum atomic E-state index is 11.8. The second-order valence-corrected chi connectivity index (χ2v) is 6.74. The van der Waals surface area contributed by atoms with E-state index in [-0.39, 0.29) is 19.8 Å². The Labute approximate surface area is 114 Å². The van der Waals surface area contributed by atoms with Gasteiger partial charge in [-0.25, -0.2) is 9.59 Å². The van der Waals surface area contributed by atoms with Crippen molar-refractivity contribution in [2.75, 3.05) is 25.6 Å². The molecule has 3 fully saturated rings. The Balaban J connectivity index is 1.98. The highest BCUT2D eigenvalue weighted by atomic mass is 32.2. The van der Waals surface area contributed by atoms with Crippen molar-refractivity contribution < 1.29 is 41.1 Å². The van der Waals surface area contributed by atoms with Gasteiger partial charge in [-0.2, -0.15) is 8.42 Å². The lowest BCUT2D eigenvalue weighted by atomic mass is 9.72. The summed E-state index contributed by atoms with van der Waals surface area (Å²) >= 11 is 0. The van der Waals surface area contributed by atoms with Crippen molar-refractivity contribution in [2.24, 2.45) is 5.41 Å². The van der Waals surface area contributed by atoms with Crippen LogP contribution in [0.15, 0.2) is 0 Å². The third kappa shape index (κ3) is 1.82. The minimum atomic E-state index is -3.85. The molecule has 0 N–H and O–H groups in total. The van der Waals surface area contributed by atoms with E-state index in [0.29, 0.717) is 0 Å². The van der Waals surface area contributed by atoms with E-state index in [4.69, 9.17) is 18.4 Å². The van der Waals surface area contributed by atoms with Crippen molar-refractivity contribution in [2.45, 2.75) is 18.6 Å². The predicted molar refractivity (Wildman–Crippen MR) is 59.2 cm³/mol. The van der Waals surface area contributed by atoms with Crippen LogP contribution in [0.5, 0.6) is 0 Å². The Morgan fingerprint density at radius 3 is 2.30 bits per heavy atom. The molecule has 0 radical (unpaired) electrons. The van der Waals surface area contributed by atoms with E-state index in [1.54, 1.807) is 0 Å². The van der Waals surface area contributed by atoms with Crippen LogP contribution >= 0.6 is 0 Å². The van der Waals surface area contributed by atoms with Crippen molar-refractivity contribution in [1.82, 2.24) is 0 Å². The van der Waals surface area contributed by atoms with E-state index < -0.39 is 45.3 Å². The molecule has 20 heavy (non-hydrogen) atoms. The van der Waals surface area contributed by atoms with Crippen LogP contribution in [-0.2, 0) is 33.2 Å². The van der Waals surface area contributed by atoms with Crippen molar-refractivity contribution in [3.05, 3.63) is 0 Å². The fourth-order valence-electron chi connectivity index (χ4n) is 2.71. The lowest BCUT2D eigenvalue weighted by molar-refractivity contribution is -0.153. The predicted octanol–water partition coefficient (Wildman–Crippen LogP) is -0.206. The molecule has 3 rings (SSSR count). The highest BCUT2D eigenvalue weighted by molar-refractivity contribution is 7.87. The molecule has 2 atom stereocenters. The number of cyclic esters (lactones) is 4. The maximum absolute atomic E-state index is 11.8. The van der Waals surface area contributed by atoms with Crippen LogP contribution in [0, 0.1) is 5.41 Å². The Hall–Kier alpha value is -1.55. The highest BCUT2D eigenvalue weighted by Gasteiger charge is 2.68. The Bertz CT molecular complexity index is 557. The van der Waals surface area contributed by atoms with Crippen LogP contribution in [0.3, 0.4) is 0 Å². The third-order valence-corrected chi connectivity index (χ3v) is 5.45. The van der Waals surface area contributed by atoms with Crippen LogP contribution < -0.4 is 0 Å². The summed E-state index contributed by atoms with van der Waals surface area (Å²) in [5, 5.41) is 0. The first-order chi connectivity index (χ1) is 9.26. The van der Waals surface area contributed by atoms with Gasteiger partial charge in [-0.15, -0.1) is 0 Å². The van der Waals surface area contributed by atoms with E-state index >= 15 is 0 Å². The van der Waals surface area contributed by atoms with Crippen molar-refractivity contribution in [1.29, 1.82) is 0 Å². The SMILES string of the molecule is CC1(C2COC(=O)O2)OS(=O)(=O)CC12COC(=O)OC2. The van der Waals surface area contributed by atoms with Gasteiger partial charge in [0, 0.05) is 0 Å². The lowest BCUT2D eigenvalue weighted by Gasteiger charge is -2.42. The average molecular weight is 308 g/mol. The van der Waals surface area contributed by atoms with E-state index in [2.05, 4.69) is 4.74 Å². The van der Waals surface area contributed by atoms with Crippen LogP contribution in [0.25, 0.3) is 0 Å². The van der Waals surface area contributed by atoms with Crippen molar-refractivity contribution >= 4 is 22.4 Å². The normalized spacial score (nSPS) is 38.0. The minimum Gasteiger partial charge on any atom is -0.433 e. The number of carbonyl (C=O) groups excluding carboxylic acids is 2. The van der Waals surface area contributed by atoms with Gasteiger partial charge in [-0.1, -0.05) is 0 Å². The van der Waals surface area contributed by atoms with Gasteiger partial charge < -0.3 is 18.9 Å². The summed E-state index contributed by atoms with van der Waals surface area (Å²) in [5.41, 5.74) is -2.56. The summed E-state index contributed by atoms with van der Waals surface area (Å²) in [6, 6.07) is 0. The van der Waals surface area contributed by atoms with Crippen LogP contribution in [-0.4, -0.2) is 58.0 Å². The van der Waals surface area contributed by atoms with E-state index in [9.17, 15) is 18.0 Å². The molecule has 1 spiro atoms. The molecule has 2 unspecified atom stereocenters. The Kier molecular flexibility index (Phi) is 2.67. The van der Waals surface area contributed by atoms with Crippen molar-refractivity contribution in [3.63, 3.8) is 0 Å². The molecular weight excluding hydrogens is 296 g/mol. The molecule has 0 saturated carbocycles. The van der Waals surface area contributed by atoms with Gasteiger partial charge >= 0.3 is 12.3 Å². The first kappa shape index (κ1) is 13.4. The first-order valence-corrected chi connectivity index (χ1v) is 7.40. The fraction of sp³-hybridized carbons (Fsp3) is 0.800. The lowest BCUT2D eigenvalue weighted by Crippen LogP contribution is -2.60. The number of hydrogen-bond acceptors (Lipinski definition) is 9. The standard InChI is InChI=1S/C10H12O9S/c1-9(6-2-15-8(12)18-6)10(5-20(13,14)19-9)3-16-7(11)17-4-10/h6H,2-5H2,1H3. The molecule has 0 aromatic heterocycles. The van der Waals surface area contributed by atoms with Gasteiger partial charge in [-0.05, 0) is 6.92 Å². The van der Waals surface area contributed by atoms with Gasteiger partial charge in [0.1, 0.15) is 25.4 Å². The summed E-state index contributed by atoms with van der Waals surface area (Å²) in [6.45, 7) is 0.943. The third-order valence-electron chi connectivity index (χ3n) is 3.94. The second kappa shape index (κ2) is 3.98. The molecule has 3 heterocycles. The largest absolute Gasteiger partial charge is 0.508 e. The van der Waals surface area contributed by atoms with Crippen LogP contribution in [0.4, 0.5) is 9.59 Å². The number of ether oxygens (including phenoxy) is 4. The molecule has 0 aromatic carbocycles. The van der Waals surface area contributed by atoms with Gasteiger partial charge in [0.2, 0.25) is 0 Å². The molecule has 0 amide bonds. The number of carbonyl (C=O) groups is 2. The van der Waals surface area contributed by atoms with E-state index in [1.807, 2.05) is 0 Å². The average Bonchev–Trinajstić information content (AvgIpc) is 2.85. The maximum Gasteiger partial charge on any atom is 0.508 e. The summed E-state index contributed by atoms with van der Waals surface area (Å²) in [7, 11) is -3.85. The van der Waals surface area contributed by atoms with E-state index in [1.165, 1.54) is 6.92 Å². The topological polar surface area (TPSA) is 114 Å². The summed E-state index contributed by atoms with van der Waals surface area (Å²) in [5.74, 6) is -0.391.